The first-order valence-electron chi connectivity index (χ1n) is 10.4. The highest BCUT2D eigenvalue weighted by Crippen LogP contribution is 2.12. The van der Waals surface area contributed by atoms with Gasteiger partial charge in [-0.3, -0.25) is 0 Å². The smallest absolute Gasteiger partial charge is 0.0654 e. The van der Waals surface area contributed by atoms with Crippen molar-refractivity contribution in [3.8, 4) is 0 Å². The molecule has 2 rings (SSSR count). The van der Waals surface area contributed by atoms with Crippen LogP contribution < -0.4 is 10.4 Å². The minimum atomic E-state index is -0.607. The van der Waals surface area contributed by atoms with E-state index in [1.54, 1.807) is 10.4 Å². The van der Waals surface area contributed by atoms with Gasteiger partial charge in [0.2, 0.25) is 0 Å². The highest BCUT2D eigenvalue weighted by Gasteiger charge is 2.15. The summed E-state index contributed by atoms with van der Waals surface area (Å²) in [7, 11) is -0.607. The molecule has 0 aliphatic rings. The van der Waals surface area contributed by atoms with E-state index in [0.29, 0.717) is 0 Å². The van der Waals surface area contributed by atoms with Crippen molar-refractivity contribution in [2.24, 2.45) is 0 Å². The van der Waals surface area contributed by atoms with Gasteiger partial charge in [0.15, 0.2) is 0 Å². The lowest BCUT2D eigenvalue weighted by molar-refractivity contribution is 0.562. The van der Waals surface area contributed by atoms with E-state index in [9.17, 15) is 0 Å². The highest BCUT2D eigenvalue weighted by atomic mass is 28.3. The molecule has 0 spiro atoms. The Balaban J connectivity index is 1.69. The lowest BCUT2D eigenvalue weighted by Crippen LogP contribution is -2.41. The second-order valence-corrected chi connectivity index (χ2v) is 9.75. The Morgan fingerprint density at radius 2 is 0.920 bits per heavy atom. The Morgan fingerprint density at radius 3 is 1.36 bits per heavy atom. The normalized spacial score (nSPS) is 11.1. The summed E-state index contributed by atoms with van der Waals surface area (Å²) >= 11 is 0. The predicted molar refractivity (Wildman–Crippen MR) is 115 cm³/mol. The van der Waals surface area contributed by atoms with Crippen molar-refractivity contribution in [3.05, 3.63) is 60.7 Å². The standard InChI is InChI=1S/C24H35Si/c1-2-3-4-5-6-7-8-9-10-17-22-25(23-18-13-11-14-19-23)24-20-15-12-16-21-24/h11-16,18-21H,2-10,17,22H2,1H3. The zero-order chi connectivity index (χ0) is 17.6. The number of rotatable bonds is 13. The first-order chi connectivity index (χ1) is 12.4. The van der Waals surface area contributed by atoms with Crippen LogP contribution in [0.5, 0.6) is 0 Å². The van der Waals surface area contributed by atoms with Crippen LogP contribution in [0.4, 0.5) is 0 Å². The van der Waals surface area contributed by atoms with E-state index in [1.165, 1.54) is 70.3 Å². The minimum absolute atomic E-state index is 0.607. The quantitative estimate of drug-likeness (QED) is 0.297. The molecule has 0 N–H and O–H groups in total. The van der Waals surface area contributed by atoms with Gasteiger partial charge in [-0.2, -0.15) is 0 Å². The minimum Gasteiger partial charge on any atom is -0.0654 e. The summed E-state index contributed by atoms with van der Waals surface area (Å²) in [5, 5.41) is 3.13. The van der Waals surface area contributed by atoms with Crippen LogP contribution in [-0.2, 0) is 0 Å². The molecule has 0 bridgehead atoms. The molecule has 25 heavy (non-hydrogen) atoms. The Kier molecular flexibility index (Phi) is 10.3. The average Bonchev–Trinajstić information content (AvgIpc) is 2.67. The monoisotopic (exact) mass is 351 g/mol. The molecule has 0 saturated carbocycles. The van der Waals surface area contributed by atoms with Crippen molar-refractivity contribution < 1.29 is 0 Å². The van der Waals surface area contributed by atoms with Gasteiger partial charge in [-0.15, -0.1) is 0 Å². The van der Waals surface area contributed by atoms with Crippen molar-refractivity contribution in [1.82, 2.24) is 0 Å². The van der Waals surface area contributed by atoms with Crippen LogP contribution in [0.3, 0.4) is 0 Å². The molecular weight excluding hydrogens is 316 g/mol. The van der Waals surface area contributed by atoms with Gasteiger partial charge in [0.1, 0.15) is 8.80 Å². The molecule has 1 radical (unpaired) electrons. The summed E-state index contributed by atoms with van der Waals surface area (Å²) in [6.45, 7) is 2.29. The molecule has 0 fully saturated rings. The van der Waals surface area contributed by atoms with E-state index < -0.39 is 8.80 Å². The fourth-order valence-corrected chi connectivity index (χ4v) is 6.23. The molecule has 0 unspecified atom stereocenters. The summed E-state index contributed by atoms with van der Waals surface area (Å²) in [4.78, 5) is 0. The largest absolute Gasteiger partial charge is 0.121 e. The Morgan fingerprint density at radius 1 is 0.520 bits per heavy atom. The Hall–Kier alpha value is -1.34. The van der Waals surface area contributed by atoms with Crippen molar-refractivity contribution in [3.63, 3.8) is 0 Å². The van der Waals surface area contributed by atoms with Crippen molar-refractivity contribution in [1.29, 1.82) is 0 Å². The molecule has 0 saturated heterocycles. The average molecular weight is 352 g/mol. The first-order valence-corrected chi connectivity index (χ1v) is 12.1. The van der Waals surface area contributed by atoms with E-state index in [1.807, 2.05) is 0 Å². The van der Waals surface area contributed by atoms with E-state index >= 15 is 0 Å². The fourth-order valence-electron chi connectivity index (χ4n) is 3.52. The molecule has 0 atom stereocenters. The first kappa shape index (κ1) is 20.0. The molecule has 0 aliphatic heterocycles. The fraction of sp³-hybridized carbons (Fsp3) is 0.500. The Labute approximate surface area is 157 Å². The summed E-state index contributed by atoms with van der Waals surface area (Å²) < 4.78 is 0. The van der Waals surface area contributed by atoms with Crippen LogP contribution in [0, 0.1) is 0 Å². The lowest BCUT2D eigenvalue weighted by Gasteiger charge is -2.16. The summed E-state index contributed by atoms with van der Waals surface area (Å²) in [5.41, 5.74) is 0. The molecule has 2 aromatic rings. The maximum Gasteiger partial charge on any atom is 0.121 e. The van der Waals surface area contributed by atoms with Gasteiger partial charge >= 0.3 is 0 Å². The van der Waals surface area contributed by atoms with Gasteiger partial charge in [-0.1, -0.05) is 148 Å². The molecule has 0 aromatic heterocycles. The van der Waals surface area contributed by atoms with Gasteiger partial charge in [-0.25, -0.2) is 0 Å². The van der Waals surface area contributed by atoms with Gasteiger partial charge < -0.3 is 0 Å². The topological polar surface area (TPSA) is 0 Å². The van der Waals surface area contributed by atoms with E-state index in [-0.39, 0.29) is 0 Å². The summed E-state index contributed by atoms with van der Waals surface area (Å²) in [6.07, 6.45) is 14.2. The third-order valence-corrected chi connectivity index (χ3v) is 7.94. The van der Waals surface area contributed by atoms with Crippen molar-refractivity contribution >= 4 is 19.2 Å². The van der Waals surface area contributed by atoms with Gasteiger partial charge in [0.25, 0.3) is 0 Å². The van der Waals surface area contributed by atoms with Crippen LogP contribution in [0.15, 0.2) is 60.7 Å². The molecule has 0 amide bonds. The highest BCUT2D eigenvalue weighted by molar-refractivity contribution is 6.85. The third kappa shape index (κ3) is 8.05. The van der Waals surface area contributed by atoms with Crippen LogP contribution in [0.2, 0.25) is 6.04 Å². The van der Waals surface area contributed by atoms with Crippen LogP contribution >= 0.6 is 0 Å². The maximum atomic E-state index is 2.33. The third-order valence-electron chi connectivity index (χ3n) is 5.02. The molecule has 135 valence electrons. The number of hydrogen-bond acceptors (Lipinski definition) is 0. The van der Waals surface area contributed by atoms with Crippen molar-refractivity contribution in [2.45, 2.75) is 77.2 Å². The van der Waals surface area contributed by atoms with Crippen LogP contribution in [0.1, 0.15) is 71.1 Å². The van der Waals surface area contributed by atoms with Gasteiger partial charge in [-0.05, 0) is 0 Å². The SMILES string of the molecule is CCCCCCCCCCCC[Si](c1ccccc1)c1ccccc1. The molecule has 2 aromatic carbocycles. The van der Waals surface area contributed by atoms with E-state index in [4.69, 9.17) is 0 Å². The van der Waals surface area contributed by atoms with Crippen LogP contribution in [-0.4, -0.2) is 8.80 Å². The predicted octanol–water partition coefficient (Wildman–Crippen LogP) is 6.22. The second kappa shape index (κ2) is 12.9. The number of hydrogen-bond donors (Lipinski definition) is 0. The van der Waals surface area contributed by atoms with E-state index in [2.05, 4.69) is 67.6 Å². The van der Waals surface area contributed by atoms with Gasteiger partial charge in [0, 0.05) is 0 Å². The molecule has 1 heteroatoms. The Bertz CT molecular complexity index is 495. The molecule has 0 aliphatic carbocycles. The maximum absolute atomic E-state index is 2.33. The van der Waals surface area contributed by atoms with Gasteiger partial charge in [0.05, 0.1) is 0 Å². The summed E-state index contributed by atoms with van der Waals surface area (Å²) in [5.74, 6) is 0. The molecule has 0 heterocycles. The second-order valence-electron chi connectivity index (χ2n) is 7.14. The zero-order valence-electron chi connectivity index (χ0n) is 16.1. The zero-order valence-corrected chi connectivity index (χ0v) is 17.1. The molecule has 0 nitrogen and oxygen atoms in total. The number of unbranched alkanes of at least 4 members (excludes halogenated alkanes) is 9. The van der Waals surface area contributed by atoms with Crippen LogP contribution in [0.25, 0.3) is 0 Å². The number of benzene rings is 2. The van der Waals surface area contributed by atoms with Crippen molar-refractivity contribution in [2.75, 3.05) is 0 Å². The molecular formula is C24H35Si. The summed E-state index contributed by atoms with van der Waals surface area (Å²) in [6, 6.07) is 23.7. The van der Waals surface area contributed by atoms with E-state index in [0.717, 1.165) is 0 Å². The lowest BCUT2D eigenvalue weighted by atomic mass is 10.1.